The van der Waals surface area contributed by atoms with Gasteiger partial charge in [0, 0.05) is 64.6 Å². The second-order valence-corrected chi connectivity index (χ2v) is 13.4. The Morgan fingerprint density at radius 1 is 1.00 bits per heavy atom. The Kier molecular flexibility index (Phi) is 8.60. The summed E-state index contributed by atoms with van der Waals surface area (Å²) in [5.41, 5.74) is 4.25. The predicted molar refractivity (Wildman–Crippen MR) is 192 cm³/mol. The summed E-state index contributed by atoms with van der Waals surface area (Å²) in [5, 5.41) is 13.2. The average molecular weight is 709 g/mol. The first-order chi connectivity index (χ1) is 24.8. The first-order valence-electron chi connectivity index (χ1n) is 16.7. The SMILES string of the molecule is C=CC(=O)N1CCn2nc(-c3nc4c5ccsc5c3-c3c(F)cc(F)cc3OCCOC/C=C/CCOc3cc5nn(C)cc5cc3-4)cc2[C@@H]1C. The van der Waals surface area contributed by atoms with E-state index in [1.165, 1.54) is 23.5 Å². The highest BCUT2D eigenvalue weighted by Crippen LogP contribution is 2.49. The van der Waals surface area contributed by atoms with Gasteiger partial charge in [0.25, 0.3) is 0 Å². The molecular weight excluding hydrogens is 675 g/mol. The van der Waals surface area contributed by atoms with Crippen molar-refractivity contribution in [1.29, 1.82) is 0 Å². The zero-order valence-electron chi connectivity index (χ0n) is 28.1. The number of fused-ring (bicyclic) bond motifs is 6. The number of ether oxygens (including phenoxy) is 3. The highest BCUT2D eigenvalue weighted by atomic mass is 32.1. The van der Waals surface area contributed by atoms with Crippen molar-refractivity contribution in [2.75, 3.05) is 33.0 Å². The summed E-state index contributed by atoms with van der Waals surface area (Å²) < 4.78 is 53.7. The Balaban J connectivity index is 1.43. The standard InChI is InChI=1S/C38H34F2N6O4S/c1-4-33(47)45-9-10-46-30(22(45)2)19-29(43-46)37-35-34-27(40)17-24(39)18-32(34)50-14-13-48-11-6-5-7-12-49-31-20-28-23(21-44(3)42-28)16-26(31)36(41-37)25-8-15-51-38(25)35/h4-6,8,15-22H,1,7,9-14H2,2-3H3/b6-5+/t22-/m0/s1. The quantitative estimate of drug-likeness (QED) is 0.136. The Labute approximate surface area is 296 Å². The van der Waals surface area contributed by atoms with Crippen molar-refractivity contribution in [3.05, 3.63) is 90.1 Å². The van der Waals surface area contributed by atoms with Crippen LogP contribution in [0, 0.1) is 11.6 Å². The average Bonchev–Trinajstić information content (AvgIpc) is 3.86. The van der Waals surface area contributed by atoms with Crippen LogP contribution in [0.1, 0.15) is 25.1 Å². The van der Waals surface area contributed by atoms with E-state index in [9.17, 15) is 9.18 Å². The van der Waals surface area contributed by atoms with Gasteiger partial charge in [-0.3, -0.25) is 14.2 Å². The molecule has 10 nitrogen and oxygen atoms in total. The number of thiophene rings is 1. The van der Waals surface area contributed by atoms with Crippen LogP contribution in [0.3, 0.4) is 0 Å². The third kappa shape index (κ3) is 5.95. The van der Waals surface area contributed by atoms with Gasteiger partial charge in [-0.1, -0.05) is 18.7 Å². The van der Waals surface area contributed by atoms with Crippen LogP contribution in [-0.4, -0.2) is 68.3 Å². The zero-order valence-corrected chi connectivity index (χ0v) is 28.9. The summed E-state index contributed by atoms with van der Waals surface area (Å²) in [5.74, 6) is -1.12. The van der Waals surface area contributed by atoms with E-state index < -0.39 is 11.6 Å². The molecule has 2 aromatic carbocycles. The summed E-state index contributed by atoms with van der Waals surface area (Å²) in [6.07, 6.45) is 7.77. The Morgan fingerprint density at radius 3 is 2.73 bits per heavy atom. The van der Waals surface area contributed by atoms with Gasteiger partial charge in [-0.15, -0.1) is 11.3 Å². The molecule has 1 atom stereocenters. The molecule has 0 spiro atoms. The van der Waals surface area contributed by atoms with Gasteiger partial charge < -0.3 is 19.1 Å². The van der Waals surface area contributed by atoms with Gasteiger partial charge in [0.2, 0.25) is 5.91 Å². The van der Waals surface area contributed by atoms with Gasteiger partial charge in [-0.2, -0.15) is 10.2 Å². The second-order valence-electron chi connectivity index (χ2n) is 12.4. The van der Waals surface area contributed by atoms with Crippen molar-refractivity contribution in [2.45, 2.75) is 25.9 Å². The fourth-order valence-electron chi connectivity index (χ4n) is 6.86. The van der Waals surface area contributed by atoms with Gasteiger partial charge in [0.05, 0.1) is 54.9 Å². The number of rotatable bonds is 2. The largest absolute Gasteiger partial charge is 0.492 e. The molecule has 8 rings (SSSR count). The van der Waals surface area contributed by atoms with E-state index in [4.69, 9.17) is 24.3 Å². The molecule has 13 heteroatoms. The van der Waals surface area contributed by atoms with Crippen molar-refractivity contribution >= 4 is 38.2 Å². The number of hydrogen-bond donors (Lipinski definition) is 0. The topological polar surface area (TPSA) is 96.5 Å². The lowest BCUT2D eigenvalue weighted by Gasteiger charge is -2.33. The second kappa shape index (κ2) is 13.4. The number of carbonyl (C=O) groups is 1. The first-order valence-corrected chi connectivity index (χ1v) is 17.6. The van der Waals surface area contributed by atoms with Crippen LogP contribution in [0.2, 0.25) is 0 Å². The van der Waals surface area contributed by atoms with E-state index in [1.54, 1.807) is 9.58 Å². The third-order valence-corrected chi connectivity index (χ3v) is 10.2. The molecule has 0 unspecified atom stereocenters. The van der Waals surface area contributed by atoms with Crippen LogP contribution >= 0.6 is 11.3 Å². The van der Waals surface area contributed by atoms with Gasteiger partial charge >= 0.3 is 0 Å². The van der Waals surface area contributed by atoms with Crippen LogP contribution in [0.15, 0.2) is 72.8 Å². The molecule has 4 aromatic heterocycles. The molecule has 6 heterocycles. The minimum absolute atomic E-state index is 0.0270. The fourth-order valence-corrected chi connectivity index (χ4v) is 7.80. The number of amides is 1. The van der Waals surface area contributed by atoms with E-state index >= 15 is 4.39 Å². The van der Waals surface area contributed by atoms with Crippen molar-refractivity contribution in [3.8, 4) is 45.3 Å². The number of aromatic nitrogens is 5. The van der Waals surface area contributed by atoms with Gasteiger partial charge in [0.1, 0.15) is 41.1 Å². The zero-order chi connectivity index (χ0) is 35.2. The summed E-state index contributed by atoms with van der Waals surface area (Å²) in [7, 11) is 1.87. The highest BCUT2D eigenvalue weighted by Gasteiger charge is 2.32. The van der Waals surface area contributed by atoms with Crippen LogP contribution in [0.4, 0.5) is 8.78 Å². The van der Waals surface area contributed by atoms with Gasteiger partial charge in [-0.25, -0.2) is 13.8 Å². The molecule has 0 N–H and O–H groups in total. The number of hydrogen-bond acceptors (Lipinski definition) is 8. The summed E-state index contributed by atoms with van der Waals surface area (Å²) in [6.45, 7) is 7.52. The first kappa shape index (κ1) is 32.8. The van der Waals surface area contributed by atoms with Crippen LogP contribution in [-0.2, 0) is 23.1 Å². The van der Waals surface area contributed by atoms with Crippen LogP contribution in [0.5, 0.6) is 11.5 Å². The Bertz CT molecular complexity index is 2360. The molecule has 6 aromatic rings. The minimum Gasteiger partial charge on any atom is -0.492 e. The number of carbonyl (C=O) groups excluding carboxylic acids is 1. The van der Waals surface area contributed by atoms with E-state index in [1.807, 2.05) is 66.6 Å². The molecule has 1 amide bonds. The number of aryl methyl sites for hydroxylation is 1. The lowest BCUT2D eigenvalue weighted by molar-refractivity contribution is -0.129. The molecule has 2 bridgehead atoms. The number of halogens is 2. The molecule has 0 radical (unpaired) electrons. The van der Waals surface area contributed by atoms with Crippen LogP contribution < -0.4 is 9.47 Å². The lowest BCUT2D eigenvalue weighted by Crippen LogP contribution is -2.40. The van der Waals surface area contributed by atoms with Crippen molar-refractivity contribution in [1.82, 2.24) is 29.4 Å². The smallest absolute Gasteiger partial charge is 0.246 e. The van der Waals surface area contributed by atoms with Crippen molar-refractivity contribution in [2.24, 2.45) is 7.05 Å². The molecule has 51 heavy (non-hydrogen) atoms. The molecular formula is C38H34F2N6O4S. The highest BCUT2D eigenvalue weighted by molar-refractivity contribution is 7.18. The maximum absolute atomic E-state index is 16.3. The third-order valence-electron chi connectivity index (χ3n) is 9.22. The normalized spacial score (nSPS) is 17.2. The molecule has 0 aliphatic carbocycles. The summed E-state index contributed by atoms with van der Waals surface area (Å²) in [4.78, 5) is 19.8. The summed E-state index contributed by atoms with van der Waals surface area (Å²) >= 11 is 1.42. The van der Waals surface area contributed by atoms with E-state index in [2.05, 4.69) is 11.7 Å². The fraction of sp³-hybridized carbons (Fsp3) is 0.263. The van der Waals surface area contributed by atoms with Crippen LogP contribution in [0.25, 0.3) is 54.8 Å². The molecule has 0 saturated heterocycles. The van der Waals surface area contributed by atoms with E-state index in [-0.39, 0.29) is 36.5 Å². The number of pyridine rings is 1. The molecule has 0 saturated carbocycles. The molecule has 260 valence electrons. The molecule has 2 aliphatic heterocycles. The molecule has 0 fully saturated rings. The van der Waals surface area contributed by atoms with E-state index in [0.717, 1.165) is 33.6 Å². The monoisotopic (exact) mass is 708 g/mol. The predicted octanol–water partition coefficient (Wildman–Crippen LogP) is 7.48. The number of nitrogens with zero attached hydrogens (tertiary/aromatic N) is 6. The maximum Gasteiger partial charge on any atom is 0.246 e. The number of benzene rings is 2. The molecule has 2 aliphatic rings. The van der Waals surface area contributed by atoms with Gasteiger partial charge in [-0.05, 0) is 43.0 Å². The Hall–Kier alpha value is -5.40. The minimum atomic E-state index is -0.797. The van der Waals surface area contributed by atoms with Gasteiger partial charge in [0.15, 0.2) is 0 Å². The van der Waals surface area contributed by atoms with Crippen molar-refractivity contribution in [3.63, 3.8) is 0 Å². The summed E-state index contributed by atoms with van der Waals surface area (Å²) in [6, 6.07) is 9.50. The Morgan fingerprint density at radius 2 is 1.86 bits per heavy atom. The maximum atomic E-state index is 16.3. The van der Waals surface area contributed by atoms with Crippen molar-refractivity contribution < 1.29 is 27.8 Å². The van der Waals surface area contributed by atoms with E-state index in [0.29, 0.717) is 65.8 Å². The lowest BCUT2D eigenvalue weighted by atomic mass is 9.95.